The Kier molecular flexibility index (Phi) is 4.16. The summed E-state index contributed by atoms with van der Waals surface area (Å²) in [5, 5.41) is 14.5. The normalized spacial score (nSPS) is 17.9. The number of aromatic nitrogens is 1. The average molecular weight is 341 g/mol. The summed E-state index contributed by atoms with van der Waals surface area (Å²) in [6.45, 7) is 0.441. The molecule has 1 atom stereocenters. The number of nitro groups is 1. The smallest absolute Gasteiger partial charge is 0.291 e. The van der Waals surface area contributed by atoms with Crippen molar-refractivity contribution < 1.29 is 9.72 Å². The highest BCUT2D eigenvalue weighted by molar-refractivity contribution is 9.10. The van der Waals surface area contributed by atoms with E-state index in [2.05, 4.69) is 30.9 Å². The minimum atomic E-state index is -0.582. The van der Waals surface area contributed by atoms with Crippen LogP contribution in [0.15, 0.2) is 21.9 Å². The summed E-state index contributed by atoms with van der Waals surface area (Å²) in [6, 6.07) is 1.30. The third kappa shape index (κ3) is 2.86. The highest BCUT2D eigenvalue weighted by Crippen LogP contribution is 2.32. The van der Waals surface area contributed by atoms with Crippen LogP contribution in [0, 0.1) is 16.0 Å². The molecule has 0 aliphatic carbocycles. The van der Waals surface area contributed by atoms with Gasteiger partial charge >= 0.3 is 5.69 Å². The average Bonchev–Trinajstić information content (AvgIpc) is 2.77. The Labute approximate surface area is 121 Å². The van der Waals surface area contributed by atoms with E-state index in [9.17, 15) is 14.9 Å². The number of pyridine rings is 1. The number of rotatable bonds is 4. The Morgan fingerprint density at radius 2 is 2.45 bits per heavy atom. The molecule has 0 spiro atoms. The predicted octanol–water partition coefficient (Wildman–Crippen LogP) is 2.42. The number of hydrogen-bond donors (Lipinski definition) is 0. The minimum absolute atomic E-state index is 0.0200. The summed E-state index contributed by atoms with van der Waals surface area (Å²) >= 11 is 3.11. The SMILES string of the molecule is [N-]=[N+]=NCC1CC(=O)N(c2ncc(Br)cc2[N+](=O)[O-])C1. The van der Waals surface area contributed by atoms with Crippen molar-refractivity contribution in [3.05, 3.63) is 37.3 Å². The third-order valence-corrected chi connectivity index (χ3v) is 3.31. The van der Waals surface area contributed by atoms with Gasteiger partial charge in [0.05, 0.1) is 4.92 Å². The van der Waals surface area contributed by atoms with E-state index in [0.717, 1.165) is 0 Å². The number of carbonyl (C=O) groups is 1. The molecule has 1 aromatic rings. The Morgan fingerprint density at radius 1 is 1.70 bits per heavy atom. The van der Waals surface area contributed by atoms with Gasteiger partial charge in [-0.1, -0.05) is 5.11 Å². The van der Waals surface area contributed by atoms with Gasteiger partial charge < -0.3 is 0 Å². The van der Waals surface area contributed by atoms with Crippen LogP contribution in [0.2, 0.25) is 0 Å². The number of anilines is 1. The quantitative estimate of drug-likeness (QED) is 0.274. The first kappa shape index (κ1) is 14.2. The van der Waals surface area contributed by atoms with E-state index in [0.29, 0.717) is 4.47 Å². The van der Waals surface area contributed by atoms with E-state index in [1.807, 2.05) is 0 Å². The Balaban J connectivity index is 2.30. The standard InChI is InChI=1S/C10H9BrN6O3/c11-7-2-8(17(19)20)10(13-4-7)16-5-6(1-9(16)18)3-14-15-12/h2,4,6H,1,3,5H2. The van der Waals surface area contributed by atoms with Crippen LogP contribution in [0.5, 0.6) is 0 Å². The third-order valence-electron chi connectivity index (χ3n) is 2.87. The van der Waals surface area contributed by atoms with Crippen molar-refractivity contribution in [3.63, 3.8) is 0 Å². The van der Waals surface area contributed by atoms with E-state index in [4.69, 9.17) is 5.53 Å². The van der Waals surface area contributed by atoms with Crippen molar-refractivity contribution in [3.8, 4) is 0 Å². The largest absolute Gasteiger partial charge is 0.313 e. The van der Waals surface area contributed by atoms with E-state index >= 15 is 0 Å². The topological polar surface area (TPSA) is 125 Å². The first-order valence-corrected chi connectivity index (χ1v) is 6.43. The molecule has 1 aliphatic heterocycles. The number of azide groups is 1. The summed E-state index contributed by atoms with van der Waals surface area (Å²) in [5.74, 6) is -0.392. The van der Waals surface area contributed by atoms with Gasteiger partial charge in [0.2, 0.25) is 11.7 Å². The molecule has 20 heavy (non-hydrogen) atoms. The molecule has 1 amide bonds. The Bertz CT molecular complexity index is 615. The van der Waals surface area contributed by atoms with Crippen molar-refractivity contribution in [2.45, 2.75) is 6.42 Å². The molecule has 1 unspecified atom stereocenters. The van der Waals surface area contributed by atoms with Crippen LogP contribution in [0.3, 0.4) is 0 Å². The molecule has 0 N–H and O–H groups in total. The van der Waals surface area contributed by atoms with E-state index in [1.165, 1.54) is 17.2 Å². The van der Waals surface area contributed by atoms with Gasteiger partial charge in [-0.25, -0.2) is 4.98 Å². The first-order valence-electron chi connectivity index (χ1n) is 5.64. The van der Waals surface area contributed by atoms with Gasteiger partial charge in [-0.15, -0.1) is 0 Å². The molecule has 0 radical (unpaired) electrons. The van der Waals surface area contributed by atoms with Crippen molar-refractivity contribution >= 4 is 33.3 Å². The van der Waals surface area contributed by atoms with Gasteiger partial charge in [0.1, 0.15) is 0 Å². The van der Waals surface area contributed by atoms with Crippen LogP contribution in [0.4, 0.5) is 11.5 Å². The van der Waals surface area contributed by atoms with Crippen molar-refractivity contribution in [1.29, 1.82) is 0 Å². The van der Waals surface area contributed by atoms with Gasteiger partial charge in [0, 0.05) is 41.2 Å². The zero-order valence-electron chi connectivity index (χ0n) is 10.1. The van der Waals surface area contributed by atoms with Crippen LogP contribution < -0.4 is 4.90 Å². The molecule has 0 bridgehead atoms. The van der Waals surface area contributed by atoms with E-state index in [-0.39, 0.29) is 42.8 Å². The van der Waals surface area contributed by atoms with Crippen molar-refractivity contribution in [2.24, 2.45) is 11.0 Å². The molecular formula is C10H9BrN6O3. The maximum atomic E-state index is 11.9. The molecule has 1 aromatic heterocycles. The summed E-state index contributed by atoms with van der Waals surface area (Å²) in [5.41, 5.74) is 8.04. The highest BCUT2D eigenvalue weighted by atomic mass is 79.9. The van der Waals surface area contributed by atoms with Crippen LogP contribution in [0.25, 0.3) is 10.4 Å². The lowest BCUT2D eigenvalue weighted by atomic mass is 10.1. The summed E-state index contributed by atoms with van der Waals surface area (Å²) in [6.07, 6.45) is 1.59. The number of hydrogen-bond acceptors (Lipinski definition) is 5. The predicted molar refractivity (Wildman–Crippen MR) is 73.1 cm³/mol. The van der Waals surface area contributed by atoms with Crippen molar-refractivity contribution in [2.75, 3.05) is 18.0 Å². The maximum Gasteiger partial charge on any atom is 0.313 e. The second kappa shape index (κ2) is 5.85. The maximum absolute atomic E-state index is 11.9. The van der Waals surface area contributed by atoms with Crippen LogP contribution in [0.1, 0.15) is 6.42 Å². The zero-order valence-corrected chi connectivity index (χ0v) is 11.7. The van der Waals surface area contributed by atoms with Crippen LogP contribution in [-0.2, 0) is 4.79 Å². The fourth-order valence-corrected chi connectivity index (χ4v) is 2.34. The molecule has 1 fully saturated rings. The molecule has 2 heterocycles. The molecule has 10 heteroatoms. The highest BCUT2D eigenvalue weighted by Gasteiger charge is 2.34. The van der Waals surface area contributed by atoms with Crippen LogP contribution >= 0.6 is 15.9 Å². The molecule has 2 rings (SSSR count). The summed E-state index contributed by atoms with van der Waals surface area (Å²) in [7, 11) is 0. The van der Waals surface area contributed by atoms with E-state index < -0.39 is 4.92 Å². The molecule has 1 aliphatic rings. The van der Waals surface area contributed by atoms with Gasteiger partial charge in [0.25, 0.3) is 0 Å². The van der Waals surface area contributed by atoms with E-state index in [1.54, 1.807) is 0 Å². The second-order valence-electron chi connectivity index (χ2n) is 4.24. The van der Waals surface area contributed by atoms with Gasteiger partial charge in [-0.2, -0.15) is 0 Å². The monoisotopic (exact) mass is 340 g/mol. The molecule has 9 nitrogen and oxygen atoms in total. The fourth-order valence-electron chi connectivity index (χ4n) is 2.02. The number of nitrogens with zero attached hydrogens (tertiary/aromatic N) is 6. The minimum Gasteiger partial charge on any atom is -0.291 e. The number of carbonyl (C=O) groups excluding carboxylic acids is 1. The lowest BCUT2D eigenvalue weighted by Gasteiger charge is -2.15. The number of halogens is 1. The zero-order chi connectivity index (χ0) is 14.7. The Morgan fingerprint density at radius 3 is 3.10 bits per heavy atom. The second-order valence-corrected chi connectivity index (χ2v) is 5.16. The molecule has 1 saturated heterocycles. The molecule has 0 aromatic carbocycles. The lowest BCUT2D eigenvalue weighted by molar-refractivity contribution is -0.384. The fraction of sp³-hybridized carbons (Fsp3) is 0.400. The Hall–Kier alpha value is -2.19. The summed E-state index contributed by atoms with van der Waals surface area (Å²) in [4.78, 5) is 30.2. The van der Waals surface area contributed by atoms with Gasteiger partial charge in [-0.3, -0.25) is 19.8 Å². The lowest BCUT2D eigenvalue weighted by Crippen LogP contribution is -2.26. The molecular weight excluding hydrogens is 332 g/mol. The van der Waals surface area contributed by atoms with Gasteiger partial charge in [-0.05, 0) is 27.4 Å². The van der Waals surface area contributed by atoms with Crippen molar-refractivity contribution in [1.82, 2.24) is 4.98 Å². The van der Waals surface area contributed by atoms with Crippen LogP contribution in [-0.4, -0.2) is 28.9 Å². The van der Waals surface area contributed by atoms with Gasteiger partial charge in [0.15, 0.2) is 0 Å². The first-order chi connectivity index (χ1) is 9.52. The molecule has 104 valence electrons. The summed E-state index contributed by atoms with van der Waals surface area (Å²) < 4.78 is 0.463. The molecule has 0 saturated carbocycles. The number of amides is 1.